The molecule has 1 fully saturated rings. The van der Waals surface area contributed by atoms with Gasteiger partial charge in [-0.2, -0.15) is 0 Å². The molecule has 6 heteroatoms. The molecular weight excluding hydrogens is 276 g/mol. The third kappa shape index (κ3) is 5.47. The van der Waals surface area contributed by atoms with Crippen LogP contribution in [-0.2, 0) is 18.9 Å². The molecular formula is C15H30O6. The Morgan fingerprint density at radius 3 is 2.05 bits per heavy atom. The highest BCUT2D eigenvalue weighted by atomic mass is 16.7. The van der Waals surface area contributed by atoms with Crippen LogP contribution in [0.4, 0.5) is 0 Å². The van der Waals surface area contributed by atoms with Gasteiger partial charge in [-0.25, -0.2) is 0 Å². The smallest absolute Gasteiger partial charge is 0.186 e. The SMILES string of the molecule is CCCCOC1[C@H](O)C(CO)O[C@@H](OC)[C@H]1OCCCC. The molecule has 1 aliphatic rings. The van der Waals surface area contributed by atoms with Crippen molar-refractivity contribution in [3.8, 4) is 0 Å². The van der Waals surface area contributed by atoms with Crippen LogP contribution < -0.4 is 0 Å². The van der Waals surface area contributed by atoms with Crippen molar-refractivity contribution >= 4 is 0 Å². The molecule has 6 nitrogen and oxygen atoms in total. The van der Waals surface area contributed by atoms with E-state index in [1.165, 1.54) is 7.11 Å². The molecule has 1 heterocycles. The van der Waals surface area contributed by atoms with Gasteiger partial charge in [-0.05, 0) is 12.8 Å². The quantitative estimate of drug-likeness (QED) is 0.588. The lowest BCUT2D eigenvalue weighted by Crippen LogP contribution is -2.60. The summed E-state index contributed by atoms with van der Waals surface area (Å²) in [5.74, 6) is 0. The molecule has 0 bridgehead atoms. The zero-order chi connectivity index (χ0) is 15.7. The van der Waals surface area contributed by atoms with E-state index in [1.54, 1.807) is 0 Å². The highest BCUT2D eigenvalue weighted by Crippen LogP contribution is 2.26. The van der Waals surface area contributed by atoms with Gasteiger partial charge < -0.3 is 29.2 Å². The first kappa shape index (κ1) is 18.8. The van der Waals surface area contributed by atoms with Crippen molar-refractivity contribution in [3.63, 3.8) is 0 Å². The van der Waals surface area contributed by atoms with Gasteiger partial charge in [0, 0.05) is 20.3 Å². The maximum Gasteiger partial charge on any atom is 0.186 e. The second-order valence-corrected chi connectivity index (χ2v) is 5.33. The van der Waals surface area contributed by atoms with E-state index in [4.69, 9.17) is 18.9 Å². The van der Waals surface area contributed by atoms with Crippen molar-refractivity contribution < 1.29 is 29.2 Å². The molecule has 0 amide bonds. The van der Waals surface area contributed by atoms with Crippen molar-refractivity contribution in [1.82, 2.24) is 0 Å². The zero-order valence-electron chi connectivity index (χ0n) is 13.4. The predicted octanol–water partition coefficient (Wildman–Crippen LogP) is 1.08. The van der Waals surface area contributed by atoms with Crippen LogP contribution in [0.1, 0.15) is 39.5 Å². The van der Waals surface area contributed by atoms with Gasteiger partial charge in [0.1, 0.15) is 24.4 Å². The van der Waals surface area contributed by atoms with Crippen LogP contribution >= 0.6 is 0 Å². The average Bonchev–Trinajstić information content (AvgIpc) is 2.50. The third-order valence-electron chi connectivity index (χ3n) is 3.65. The number of unbranched alkanes of at least 4 members (excludes halogenated alkanes) is 2. The van der Waals surface area contributed by atoms with Gasteiger partial charge in [0.25, 0.3) is 0 Å². The van der Waals surface area contributed by atoms with Gasteiger partial charge in [0.2, 0.25) is 0 Å². The van der Waals surface area contributed by atoms with Crippen LogP contribution in [-0.4, -0.2) is 67.8 Å². The summed E-state index contributed by atoms with van der Waals surface area (Å²) in [6.07, 6.45) is 0.542. The molecule has 21 heavy (non-hydrogen) atoms. The van der Waals surface area contributed by atoms with Crippen molar-refractivity contribution in [1.29, 1.82) is 0 Å². The Morgan fingerprint density at radius 2 is 1.57 bits per heavy atom. The number of aliphatic hydroxyl groups is 2. The first-order valence-corrected chi connectivity index (χ1v) is 7.89. The van der Waals surface area contributed by atoms with Crippen LogP contribution in [0, 0.1) is 0 Å². The van der Waals surface area contributed by atoms with E-state index < -0.39 is 30.7 Å². The molecule has 1 aliphatic heterocycles. The molecule has 0 aliphatic carbocycles. The number of methoxy groups -OCH3 is 1. The molecule has 126 valence electrons. The number of ether oxygens (including phenoxy) is 4. The zero-order valence-corrected chi connectivity index (χ0v) is 13.4. The van der Waals surface area contributed by atoms with E-state index in [-0.39, 0.29) is 6.61 Å². The molecule has 1 rings (SSSR count). The largest absolute Gasteiger partial charge is 0.394 e. The van der Waals surface area contributed by atoms with Gasteiger partial charge in [0.15, 0.2) is 6.29 Å². The molecule has 2 N–H and O–H groups in total. The third-order valence-corrected chi connectivity index (χ3v) is 3.65. The van der Waals surface area contributed by atoms with Crippen LogP contribution in [0.15, 0.2) is 0 Å². The van der Waals surface area contributed by atoms with E-state index >= 15 is 0 Å². The van der Waals surface area contributed by atoms with Crippen LogP contribution in [0.5, 0.6) is 0 Å². The van der Waals surface area contributed by atoms with Crippen LogP contribution in [0.3, 0.4) is 0 Å². The van der Waals surface area contributed by atoms with Crippen molar-refractivity contribution in [3.05, 3.63) is 0 Å². The van der Waals surface area contributed by atoms with Gasteiger partial charge in [0.05, 0.1) is 6.61 Å². The highest BCUT2D eigenvalue weighted by molar-refractivity contribution is 4.91. The minimum Gasteiger partial charge on any atom is -0.394 e. The summed E-state index contributed by atoms with van der Waals surface area (Å²) in [5, 5.41) is 19.7. The lowest BCUT2D eigenvalue weighted by Gasteiger charge is -2.43. The van der Waals surface area contributed by atoms with Crippen molar-refractivity contribution in [2.45, 2.75) is 70.2 Å². The Hall–Kier alpha value is -0.240. The fourth-order valence-corrected chi connectivity index (χ4v) is 2.33. The normalized spacial score (nSPS) is 33.3. The molecule has 0 spiro atoms. The van der Waals surface area contributed by atoms with Crippen LogP contribution in [0.2, 0.25) is 0 Å². The minimum atomic E-state index is -0.926. The molecule has 2 unspecified atom stereocenters. The van der Waals surface area contributed by atoms with Gasteiger partial charge >= 0.3 is 0 Å². The Labute approximate surface area is 127 Å². The van der Waals surface area contributed by atoms with Crippen LogP contribution in [0.25, 0.3) is 0 Å². The predicted molar refractivity (Wildman–Crippen MR) is 78.1 cm³/mol. The van der Waals surface area contributed by atoms with E-state index in [0.717, 1.165) is 25.7 Å². The van der Waals surface area contributed by atoms with Crippen molar-refractivity contribution in [2.24, 2.45) is 0 Å². The average molecular weight is 306 g/mol. The fourth-order valence-electron chi connectivity index (χ4n) is 2.33. The molecule has 0 aromatic carbocycles. The number of hydrogen-bond acceptors (Lipinski definition) is 6. The van der Waals surface area contributed by atoms with E-state index in [0.29, 0.717) is 13.2 Å². The lowest BCUT2D eigenvalue weighted by molar-refractivity contribution is -0.310. The summed E-state index contributed by atoms with van der Waals surface area (Å²) < 4.78 is 22.5. The van der Waals surface area contributed by atoms with E-state index in [2.05, 4.69) is 13.8 Å². The lowest BCUT2D eigenvalue weighted by atomic mass is 9.98. The molecule has 0 saturated carbocycles. The van der Waals surface area contributed by atoms with Gasteiger partial charge in [-0.3, -0.25) is 0 Å². The minimum absolute atomic E-state index is 0.281. The molecule has 0 aromatic heterocycles. The second-order valence-electron chi connectivity index (χ2n) is 5.33. The topological polar surface area (TPSA) is 77.4 Å². The van der Waals surface area contributed by atoms with E-state index in [1.807, 2.05) is 0 Å². The van der Waals surface area contributed by atoms with E-state index in [9.17, 15) is 10.2 Å². The molecule has 0 radical (unpaired) electrons. The highest BCUT2D eigenvalue weighted by Gasteiger charge is 2.46. The summed E-state index contributed by atoms with van der Waals surface area (Å²) in [6, 6.07) is 0. The Kier molecular flexibility index (Phi) is 9.39. The molecule has 1 saturated heterocycles. The van der Waals surface area contributed by atoms with Gasteiger partial charge in [-0.15, -0.1) is 0 Å². The maximum absolute atomic E-state index is 10.3. The summed E-state index contributed by atoms with van der Waals surface area (Å²) >= 11 is 0. The van der Waals surface area contributed by atoms with Crippen molar-refractivity contribution in [2.75, 3.05) is 26.9 Å². The monoisotopic (exact) mass is 306 g/mol. The summed E-state index contributed by atoms with van der Waals surface area (Å²) in [6.45, 7) is 4.99. The summed E-state index contributed by atoms with van der Waals surface area (Å²) in [5.41, 5.74) is 0. The fraction of sp³-hybridized carbons (Fsp3) is 1.00. The number of rotatable bonds is 10. The first-order valence-electron chi connectivity index (χ1n) is 7.89. The summed E-state index contributed by atoms with van der Waals surface area (Å²) in [4.78, 5) is 0. The maximum atomic E-state index is 10.3. The standard InChI is InChI=1S/C15H30O6/c1-4-6-8-19-13-12(17)11(10-16)21-15(18-3)14(13)20-9-7-5-2/h11-17H,4-10H2,1-3H3/t11?,12-,13?,14+,15-/m1/s1. The molecule has 0 aromatic rings. The first-order chi connectivity index (χ1) is 10.2. The summed E-state index contributed by atoms with van der Waals surface area (Å²) in [7, 11) is 1.52. The number of hydrogen-bond donors (Lipinski definition) is 2. The molecule has 5 atom stereocenters. The Balaban J connectivity index is 2.72. The second kappa shape index (κ2) is 10.5. The van der Waals surface area contributed by atoms with Gasteiger partial charge in [-0.1, -0.05) is 26.7 Å². The Bertz CT molecular complexity index is 263. The number of aliphatic hydroxyl groups excluding tert-OH is 2. The Morgan fingerprint density at radius 1 is 1.00 bits per heavy atom.